The van der Waals surface area contributed by atoms with Gasteiger partial charge < -0.3 is 0 Å². The van der Waals surface area contributed by atoms with Gasteiger partial charge in [0.25, 0.3) is 0 Å². The Morgan fingerprint density at radius 1 is 0.435 bits per heavy atom. The van der Waals surface area contributed by atoms with Crippen molar-refractivity contribution in [3.8, 4) is 56.4 Å². The topological polar surface area (TPSA) is 51.6 Å². The molecule has 6 aromatic rings. The summed E-state index contributed by atoms with van der Waals surface area (Å²) in [6, 6.07) is 40.7. The second-order valence-electron chi connectivity index (χ2n) is 13.9. The van der Waals surface area contributed by atoms with E-state index in [2.05, 4.69) is 77.8 Å². The third kappa shape index (κ3) is 5.02. The molecule has 2 heterocycles. The minimum Gasteiger partial charge on any atom is -0.264 e. The van der Waals surface area contributed by atoms with Gasteiger partial charge in [0.2, 0.25) is 0 Å². The Morgan fingerprint density at radius 3 is 1.43 bits per heavy atom. The average molecular weight is 597 g/mol. The van der Waals surface area contributed by atoms with Crippen LogP contribution in [0, 0.1) is 17.8 Å². The van der Waals surface area contributed by atoms with Gasteiger partial charge in [0, 0.05) is 34.6 Å². The Bertz CT molecular complexity index is 1910. The molecule has 0 radical (unpaired) electrons. The van der Waals surface area contributed by atoms with Crippen molar-refractivity contribution < 1.29 is 0 Å². The van der Waals surface area contributed by atoms with Crippen LogP contribution in [0.3, 0.4) is 0 Å². The zero-order valence-corrected chi connectivity index (χ0v) is 25.9. The molecule has 0 atom stereocenters. The largest absolute Gasteiger partial charge is 0.264 e. The molecule has 4 aliphatic rings. The SMILES string of the molecule is c1ccc(-c2nc(-c3ccccc3)nc(-c3cc(-c4ccc(C56CC7CC(CC(C7)C5)C6)cc4)cc(-c4cccnc4)c3)n2)cc1. The van der Waals surface area contributed by atoms with Crippen LogP contribution in [-0.4, -0.2) is 19.9 Å². The lowest BCUT2D eigenvalue weighted by atomic mass is 9.48. The monoisotopic (exact) mass is 596 g/mol. The lowest BCUT2D eigenvalue weighted by molar-refractivity contribution is -0.00518. The zero-order valence-electron chi connectivity index (χ0n) is 25.9. The summed E-state index contributed by atoms with van der Waals surface area (Å²) in [5.74, 6) is 4.80. The number of hydrogen-bond acceptors (Lipinski definition) is 4. The second kappa shape index (κ2) is 11.1. The molecule has 46 heavy (non-hydrogen) atoms. The van der Waals surface area contributed by atoms with E-state index < -0.39 is 0 Å². The van der Waals surface area contributed by atoms with Crippen LogP contribution in [-0.2, 0) is 5.41 Å². The van der Waals surface area contributed by atoms with Gasteiger partial charge in [0.1, 0.15) is 0 Å². The third-order valence-electron chi connectivity index (χ3n) is 10.8. The summed E-state index contributed by atoms with van der Waals surface area (Å²) in [4.78, 5) is 19.5. The van der Waals surface area contributed by atoms with Crippen LogP contribution in [0.15, 0.2) is 128 Å². The molecule has 0 amide bonds. The molecule has 4 aromatic carbocycles. The molecule has 0 saturated heterocycles. The van der Waals surface area contributed by atoms with Crippen LogP contribution in [0.4, 0.5) is 0 Å². The fourth-order valence-electron chi connectivity index (χ4n) is 9.04. The normalized spacial score (nSPS) is 23.0. The van der Waals surface area contributed by atoms with Crippen LogP contribution in [0.25, 0.3) is 56.4 Å². The number of hydrogen-bond donors (Lipinski definition) is 0. The van der Waals surface area contributed by atoms with Crippen LogP contribution in [0.5, 0.6) is 0 Å². The van der Waals surface area contributed by atoms with E-state index in [1.165, 1.54) is 44.1 Å². The fourth-order valence-corrected chi connectivity index (χ4v) is 9.04. The van der Waals surface area contributed by atoms with Gasteiger partial charge in [-0.25, -0.2) is 15.0 Å². The minimum atomic E-state index is 0.391. The van der Waals surface area contributed by atoms with Gasteiger partial charge in [-0.3, -0.25) is 4.98 Å². The summed E-state index contributed by atoms with van der Waals surface area (Å²) >= 11 is 0. The highest BCUT2D eigenvalue weighted by Crippen LogP contribution is 2.60. The molecule has 4 bridgehead atoms. The van der Waals surface area contributed by atoms with Crippen molar-refractivity contribution >= 4 is 0 Å². The van der Waals surface area contributed by atoms with E-state index in [1.54, 1.807) is 5.56 Å². The Labute approximate surface area is 270 Å². The fraction of sp³-hybridized carbons (Fsp3) is 0.238. The predicted molar refractivity (Wildman–Crippen MR) is 185 cm³/mol. The smallest absolute Gasteiger partial charge is 0.164 e. The van der Waals surface area contributed by atoms with E-state index in [1.807, 2.05) is 54.9 Å². The molecule has 4 heteroatoms. The number of aromatic nitrogens is 4. The molecule has 4 aliphatic carbocycles. The van der Waals surface area contributed by atoms with Gasteiger partial charge >= 0.3 is 0 Å². The number of nitrogens with zero attached hydrogens (tertiary/aromatic N) is 4. The van der Waals surface area contributed by atoms with E-state index in [-0.39, 0.29) is 0 Å². The predicted octanol–water partition coefficient (Wildman–Crippen LogP) is 10.1. The first-order chi connectivity index (χ1) is 22.7. The Kier molecular flexibility index (Phi) is 6.62. The van der Waals surface area contributed by atoms with Gasteiger partial charge in [-0.1, -0.05) is 91.0 Å². The van der Waals surface area contributed by atoms with Gasteiger partial charge in [0.05, 0.1) is 0 Å². The van der Waals surface area contributed by atoms with Crippen LogP contribution in [0.2, 0.25) is 0 Å². The Hall–Kier alpha value is -4.96. The van der Waals surface area contributed by atoms with Crippen molar-refractivity contribution in [3.05, 3.63) is 133 Å². The highest BCUT2D eigenvalue weighted by molar-refractivity contribution is 5.80. The van der Waals surface area contributed by atoms with Crippen molar-refractivity contribution in [1.29, 1.82) is 0 Å². The highest BCUT2D eigenvalue weighted by Gasteiger charge is 2.51. The minimum absolute atomic E-state index is 0.391. The van der Waals surface area contributed by atoms with Crippen LogP contribution in [0.1, 0.15) is 44.1 Å². The quantitative estimate of drug-likeness (QED) is 0.192. The third-order valence-corrected chi connectivity index (χ3v) is 10.8. The van der Waals surface area contributed by atoms with E-state index in [4.69, 9.17) is 15.0 Å². The lowest BCUT2D eigenvalue weighted by Crippen LogP contribution is -2.48. The Morgan fingerprint density at radius 2 is 0.913 bits per heavy atom. The zero-order chi connectivity index (χ0) is 30.5. The molecular weight excluding hydrogens is 560 g/mol. The molecule has 0 N–H and O–H groups in total. The molecule has 10 rings (SSSR count). The molecule has 0 aliphatic heterocycles. The summed E-state index contributed by atoms with van der Waals surface area (Å²) < 4.78 is 0. The molecule has 4 fully saturated rings. The highest BCUT2D eigenvalue weighted by atomic mass is 15.0. The summed E-state index contributed by atoms with van der Waals surface area (Å²) in [5.41, 5.74) is 9.35. The Balaban J connectivity index is 1.16. The maximum absolute atomic E-state index is 5.05. The van der Waals surface area contributed by atoms with Gasteiger partial charge in [-0.2, -0.15) is 0 Å². The summed E-state index contributed by atoms with van der Waals surface area (Å²) in [5, 5.41) is 0. The van der Waals surface area contributed by atoms with Crippen molar-refractivity contribution in [1.82, 2.24) is 19.9 Å². The van der Waals surface area contributed by atoms with E-state index >= 15 is 0 Å². The summed E-state index contributed by atoms with van der Waals surface area (Å²) in [6.07, 6.45) is 12.3. The van der Waals surface area contributed by atoms with Crippen LogP contribution < -0.4 is 0 Å². The van der Waals surface area contributed by atoms with Gasteiger partial charge in [0.15, 0.2) is 17.5 Å². The van der Waals surface area contributed by atoms with E-state index in [0.29, 0.717) is 22.9 Å². The van der Waals surface area contributed by atoms with E-state index in [9.17, 15) is 0 Å². The van der Waals surface area contributed by atoms with Gasteiger partial charge in [-0.15, -0.1) is 0 Å². The first-order valence-electron chi connectivity index (χ1n) is 16.7. The van der Waals surface area contributed by atoms with Crippen molar-refractivity contribution in [2.24, 2.45) is 17.8 Å². The average Bonchev–Trinajstić information content (AvgIpc) is 3.12. The molecule has 224 valence electrons. The molecule has 0 spiro atoms. The first-order valence-corrected chi connectivity index (χ1v) is 16.7. The summed E-state index contributed by atoms with van der Waals surface area (Å²) in [7, 11) is 0. The van der Waals surface area contributed by atoms with Crippen LogP contribution >= 0.6 is 0 Å². The maximum Gasteiger partial charge on any atom is 0.164 e. The number of rotatable bonds is 6. The lowest BCUT2D eigenvalue weighted by Gasteiger charge is -2.57. The molecule has 4 saturated carbocycles. The molecule has 2 aromatic heterocycles. The first kappa shape index (κ1) is 27.4. The number of pyridine rings is 1. The maximum atomic E-state index is 5.05. The van der Waals surface area contributed by atoms with Gasteiger partial charge in [-0.05, 0) is 108 Å². The van der Waals surface area contributed by atoms with E-state index in [0.717, 1.165) is 51.1 Å². The number of benzene rings is 4. The van der Waals surface area contributed by atoms with Crippen molar-refractivity contribution in [3.63, 3.8) is 0 Å². The molecule has 4 nitrogen and oxygen atoms in total. The molecular formula is C42H36N4. The summed E-state index contributed by atoms with van der Waals surface area (Å²) in [6.45, 7) is 0. The second-order valence-corrected chi connectivity index (χ2v) is 13.9. The van der Waals surface area contributed by atoms with Crippen molar-refractivity contribution in [2.75, 3.05) is 0 Å². The van der Waals surface area contributed by atoms with Crippen molar-refractivity contribution in [2.45, 2.75) is 43.9 Å². The molecule has 0 unspecified atom stereocenters. The standard InChI is InChI=1S/C42H36N4/c1-3-8-32(9-4-1)39-44-40(33-10-5-2-6-11-33)46-41(45-39)37-22-35(21-36(23-37)34-12-7-17-43-27-34)31-13-15-38(16-14-31)42-24-28-18-29(25-42)20-30(19-28)26-42/h1-17,21-23,27-30H,18-20,24-26H2.